The monoisotopic (exact) mass is 456 g/mol. The molecule has 1 saturated heterocycles. The molecule has 0 radical (unpaired) electrons. The number of methoxy groups -OCH3 is 1. The van der Waals surface area contributed by atoms with Gasteiger partial charge in [0.1, 0.15) is 17.0 Å². The largest absolute Gasteiger partial charge is 0.497 e. The van der Waals surface area contributed by atoms with E-state index in [1.165, 1.54) is 11.3 Å². The normalized spacial score (nSPS) is 14.9. The molecule has 0 saturated carbocycles. The van der Waals surface area contributed by atoms with E-state index >= 15 is 0 Å². The molecule has 1 aliphatic heterocycles. The van der Waals surface area contributed by atoms with Gasteiger partial charge < -0.3 is 19.8 Å². The lowest BCUT2D eigenvalue weighted by Gasteiger charge is -2.34. The van der Waals surface area contributed by atoms with E-state index < -0.39 is 0 Å². The van der Waals surface area contributed by atoms with Crippen LogP contribution in [0.1, 0.15) is 5.69 Å². The lowest BCUT2D eigenvalue weighted by molar-refractivity contribution is -0.389. The Hall–Kier alpha value is -3.02. The first-order valence-electron chi connectivity index (χ1n) is 9.78. The molecule has 1 aliphatic rings. The van der Waals surface area contributed by atoms with E-state index in [2.05, 4.69) is 15.3 Å². The van der Waals surface area contributed by atoms with Crippen LogP contribution < -0.4 is 9.64 Å². The number of imidazole rings is 1. The molecule has 9 nitrogen and oxygen atoms in total. The minimum atomic E-state index is -0.343. The second-order valence-corrected chi connectivity index (χ2v) is 8.94. The number of hydrogen-bond acceptors (Lipinski definition) is 9. The fraction of sp³-hybridized carbons (Fsp3) is 0.300. The van der Waals surface area contributed by atoms with Gasteiger partial charge in [-0.05, 0) is 29.2 Å². The predicted octanol–water partition coefficient (Wildman–Crippen LogP) is 3.76. The Morgan fingerprint density at radius 3 is 2.61 bits per heavy atom. The fourth-order valence-corrected chi connectivity index (χ4v) is 5.26. The highest BCUT2D eigenvalue weighted by Crippen LogP contribution is 2.32. The topological polar surface area (TPSA) is 89.0 Å². The first kappa shape index (κ1) is 19.9. The minimum absolute atomic E-state index is 0.0494. The summed E-state index contributed by atoms with van der Waals surface area (Å²) in [7, 11) is 1.66. The maximum Gasteiger partial charge on any atom is 0.373 e. The number of aromatic nitrogens is 3. The molecule has 0 N–H and O–H groups in total. The van der Waals surface area contributed by atoms with Crippen LogP contribution >= 0.6 is 22.7 Å². The number of nitrogens with zero attached hydrogens (tertiary/aromatic N) is 6. The van der Waals surface area contributed by atoms with Gasteiger partial charge in [0.05, 0.1) is 12.8 Å². The van der Waals surface area contributed by atoms with Crippen molar-refractivity contribution in [2.45, 2.75) is 6.54 Å². The molecule has 11 heteroatoms. The lowest BCUT2D eigenvalue weighted by Crippen LogP contribution is -2.46. The number of fused-ring (bicyclic) bond motifs is 1. The molecular formula is C20H20N6O3S2. The van der Waals surface area contributed by atoms with E-state index in [4.69, 9.17) is 9.72 Å². The maximum atomic E-state index is 11.6. The Morgan fingerprint density at radius 1 is 1.13 bits per heavy atom. The number of hydrogen-bond donors (Lipinski definition) is 0. The van der Waals surface area contributed by atoms with Crippen molar-refractivity contribution in [2.24, 2.45) is 0 Å². The van der Waals surface area contributed by atoms with Crippen molar-refractivity contribution >= 4 is 39.3 Å². The summed E-state index contributed by atoms with van der Waals surface area (Å²) >= 11 is 3.04. The smallest absolute Gasteiger partial charge is 0.373 e. The average Bonchev–Trinajstić information content (AvgIpc) is 3.50. The molecule has 160 valence electrons. The van der Waals surface area contributed by atoms with Gasteiger partial charge >= 0.3 is 5.82 Å². The molecule has 0 unspecified atom stereocenters. The van der Waals surface area contributed by atoms with Crippen LogP contribution in [0.3, 0.4) is 0 Å². The highest BCUT2D eigenvalue weighted by Gasteiger charge is 2.30. The van der Waals surface area contributed by atoms with Gasteiger partial charge in [0.25, 0.3) is 4.96 Å². The summed E-state index contributed by atoms with van der Waals surface area (Å²) in [6.07, 6.45) is 1.70. The number of rotatable bonds is 6. The van der Waals surface area contributed by atoms with Crippen LogP contribution in [0.5, 0.6) is 5.75 Å². The average molecular weight is 457 g/mol. The summed E-state index contributed by atoms with van der Waals surface area (Å²) in [4.78, 5) is 25.5. The molecule has 4 aromatic rings. The molecule has 1 aromatic carbocycles. The van der Waals surface area contributed by atoms with Crippen molar-refractivity contribution in [1.82, 2.24) is 19.3 Å². The van der Waals surface area contributed by atoms with Crippen LogP contribution in [0.4, 0.5) is 11.6 Å². The molecule has 1 fully saturated rings. The minimum Gasteiger partial charge on any atom is -0.497 e. The second kappa shape index (κ2) is 8.25. The van der Waals surface area contributed by atoms with Crippen LogP contribution in [0.2, 0.25) is 0 Å². The Bertz CT molecular complexity index is 1210. The van der Waals surface area contributed by atoms with Crippen molar-refractivity contribution in [3.05, 3.63) is 57.0 Å². The summed E-state index contributed by atoms with van der Waals surface area (Å²) in [5, 5.41) is 16.5. The first-order valence-corrected chi connectivity index (χ1v) is 11.5. The lowest BCUT2D eigenvalue weighted by atomic mass is 10.2. The molecule has 0 spiro atoms. The van der Waals surface area contributed by atoms with Crippen LogP contribution in [0, 0.1) is 10.1 Å². The summed E-state index contributed by atoms with van der Waals surface area (Å²) in [5.41, 5.74) is 2.12. The molecule has 5 rings (SSSR count). The number of anilines is 1. The first-order chi connectivity index (χ1) is 15.1. The van der Waals surface area contributed by atoms with Crippen LogP contribution in [-0.2, 0) is 6.54 Å². The Kier molecular flexibility index (Phi) is 5.30. The maximum absolute atomic E-state index is 11.6. The zero-order chi connectivity index (χ0) is 21.4. The number of benzene rings is 1. The molecular weight excluding hydrogens is 436 g/mol. The van der Waals surface area contributed by atoms with Crippen molar-refractivity contribution in [3.63, 3.8) is 0 Å². The molecule has 4 heterocycles. The second-order valence-electron chi connectivity index (χ2n) is 7.21. The van der Waals surface area contributed by atoms with E-state index in [1.807, 2.05) is 34.5 Å². The third kappa shape index (κ3) is 3.87. The summed E-state index contributed by atoms with van der Waals surface area (Å²) in [5.74, 6) is 1.34. The molecule has 0 amide bonds. The van der Waals surface area contributed by atoms with Gasteiger partial charge in [0.15, 0.2) is 0 Å². The molecule has 0 bridgehead atoms. The fourth-order valence-electron chi connectivity index (χ4n) is 3.74. The number of thiazole rings is 2. The van der Waals surface area contributed by atoms with E-state index in [9.17, 15) is 10.1 Å². The summed E-state index contributed by atoms with van der Waals surface area (Å²) in [6.45, 7) is 3.76. The van der Waals surface area contributed by atoms with Gasteiger partial charge in [-0.2, -0.15) is 9.38 Å². The van der Waals surface area contributed by atoms with E-state index in [0.717, 1.165) is 41.6 Å². The van der Waals surface area contributed by atoms with E-state index in [1.54, 1.807) is 29.0 Å². The SMILES string of the molecule is COc1ccc(-c2nc(CN3CCN(c4nc5sccn5c4[N+](=O)[O-])CC3)cs2)cc1. The van der Waals surface area contributed by atoms with Gasteiger partial charge in [0.2, 0.25) is 5.82 Å². The van der Waals surface area contributed by atoms with E-state index in [0.29, 0.717) is 23.9 Å². The Morgan fingerprint density at radius 2 is 1.90 bits per heavy atom. The number of piperazine rings is 1. The number of nitro groups is 1. The highest BCUT2D eigenvalue weighted by molar-refractivity contribution is 7.15. The van der Waals surface area contributed by atoms with E-state index in [-0.39, 0.29) is 10.7 Å². The van der Waals surface area contributed by atoms with Gasteiger partial charge in [0, 0.05) is 49.0 Å². The Balaban J connectivity index is 1.24. The van der Waals surface area contributed by atoms with Gasteiger partial charge in [-0.3, -0.25) is 4.90 Å². The van der Waals surface area contributed by atoms with Crippen LogP contribution in [0.15, 0.2) is 41.2 Å². The highest BCUT2D eigenvalue weighted by atomic mass is 32.1. The summed E-state index contributed by atoms with van der Waals surface area (Å²) in [6, 6.07) is 7.91. The molecule has 31 heavy (non-hydrogen) atoms. The van der Waals surface area contributed by atoms with Gasteiger partial charge in [-0.1, -0.05) is 11.3 Å². The summed E-state index contributed by atoms with van der Waals surface area (Å²) < 4.78 is 6.77. The van der Waals surface area contributed by atoms with Crippen molar-refractivity contribution < 1.29 is 9.66 Å². The quantitative estimate of drug-likeness (QED) is 0.322. The van der Waals surface area contributed by atoms with Crippen molar-refractivity contribution in [2.75, 3.05) is 38.2 Å². The predicted molar refractivity (Wildman–Crippen MR) is 121 cm³/mol. The van der Waals surface area contributed by atoms with Gasteiger partial charge in [-0.15, -0.1) is 11.3 Å². The third-order valence-electron chi connectivity index (χ3n) is 5.34. The van der Waals surface area contributed by atoms with Crippen molar-refractivity contribution in [3.8, 4) is 16.3 Å². The number of ether oxygens (including phenoxy) is 1. The molecule has 3 aromatic heterocycles. The third-order valence-corrected chi connectivity index (χ3v) is 7.04. The van der Waals surface area contributed by atoms with Crippen molar-refractivity contribution in [1.29, 1.82) is 0 Å². The van der Waals surface area contributed by atoms with Crippen LogP contribution in [0.25, 0.3) is 15.5 Å². The standard InChI is InChI=1S/C20H20N6O3S2/c1-29-16-4-2-14(3-5-16)18-21-15(13-31-18)12-23-6-8-24(9-7-23)17-19(26(27)28)25-10-11-30-20(25)22-17/h2-5,10-11,13H,6-9,12H2,1H3. The Labute approximate surface area is 186 Å². The van der Waals surface area contributed by atoms with Gasteiger partial charge in [-0.25, -0.2) is 4.98 Å². The zero-order valence-corrected chi connectivity index (χ0v) is 18.4. The molecule has 0 atom stereocenters. The zero-order valence-electron chi connectivity index (χ0n) is 16.8. The molecule has 0 aliphatic carbocycles. The van der Waals surface area contributed by atoms with Crippen LogP contribution in [-0.4, -0.2) is 57.5 Å².